The summed E-state index contributed by atoms with van der Waals surface area (Å²) in [6, 6.07) is 6.66. The fourth-order valence-corrected chi connectivity index (χ4v) is 2.07. The SMILES string of the molecule is CCC(CC)N(C)c1nc2ccc(N)cc2o1. The zero-order chi connectivity index (χ0) is 12.4. The predicted molar refractivity (Wildman–Crippen MR) is 71.2 cm³/mol. The van der Waals surface area contributed by atoms with Gasteiger partial charge in [-0.05, 0) is 25.0 Å². The maximum Gasteiger partial charge on any atom is 0.298 e. The summed E-state index contributed by atoms with van der Waals surface area (Å²) in [5.41, 5.74) is 8.02. The van der Waals surface area contributed by atoms with Crippen LogP contribution in [0.15, 0.2) is 22.6 Å². The van der Waals surface area contributed by atoms with Crippen LogP contribution in [0.3, 0.4) is 0 Å². The molecule has 1 aromatic carbocycles. The smallest absolute Gasteiger partial charge is 0.298 e. The lowest BCUT2D eigenvalue weighted by Gasteiger charge is -2.24. The molecular weight excluding hydrogens is 214 g/mol. The Labute approximate surface area is 101 Å². The minimum atomic E-state index is 0.459. The van der Waals surface area contributed by atoms with Crippen molar-refractivity contribution in [1.29, 1.82) is 0 Å². The predicted octanol–water partition coefficient (Wildman–Crippen LogP) is 3.03. The molecule has 0 aliphatic rings. The van der Waals surface area contributed by atoms with E-state index in [1.807, 2.05) is 25.2 Å². The summed E-state index contributed by atoms with van der Waals surface area (Å²) in [6.45, 7) is 4.34. The number of hydrogen-bond donors (Lipinski definition) is 1. The van der Waals surface area contributed by atoms with Gasteiger partial charge in [-0.25, -0.2) is 0 Å². The summed E-state index contributed by atoms with van der Waals surface area (Å²) < 4.78 is 5.73. The quantitative estimate of drug-likeness (QED) is 0.825. The van der Waals surface area contributed by atoms with E-state index in [1.54, 1.807) is 0 Å². The van der Waals surface area contributed by atoms with Gasteiger partial charge < -0.3 is 15.1 Å². The Bertz CT molecular complexity index is 502. The Morgan fingerprint density at radius 3 is 2.71 bits per heavy atom. The highest BCUT2D eigenvalue weighted by Gasteiger charge is 2.16. The van der Waals surface area contributed by atoms with Gasteiger partial charge in [0.2, 0.25) is 0 Å². The molecule has 4 nitrogen and oxygen atoms in total. The van der Waals surface area contributed by atoms with E-state index >= 15 is 0 Å². The summed E-state index contributed by atoms with van der Waals surface area (Å²) in [4.78, 5) is 6.57. The standard InChI is InChI=1S/C13H19N3O/c1-4-10(5-2)16(3)13-15-11-7-6-9(14)8-12(11)17-13/h6-8,10H,4-5,14H2,1-3H3. The molecule has 17 heavy (non-hydrogen) atoms. The van der Waals surface area contributed by atoms with Crippen LogP contribution in [0.5, 0.6) is 0 Å². The minimum absolute atomic E-state index is 0.459. The lowest BCUT2D eigenvalue weighted by atomic mass is 10.1. The van der Waals surface area contributed by atoms with Crippen molar-refractivity contribution in [2.75, 3.05) is 17.7 Å². The highest BCUT2D eigenvalue weighted by molar-refractivity contribution is 5.78. The van der Waals surface area contributed by atoms with Crippen molar-refractivity contribution >= 4 is 22.8 Å². The first-order valence-corrected chi connectivity index (χ1v) is 6.04. The van der Waals surface area contributed by atoms with Crippen molar-refractivity contribution in [3.63, 3.8) is 0 Å². The van der Waals surface area contributed by atoms with Crippen molar-refractivity contribution in [2.45, 2.75) is 32.7 Å². The number of anilines is 2. The van der Waals surface area contributed by atoms with Crippen LogP contribution < -0.4 is 10.6 Å². The van der Waals surface area contributed by atoms with E-state index in [2.05, 4.69) is 23.7 Å². The van der Waals surface area contributed by atoms with Gasteiger partial charge in [0.25, 0.3) is 6.01 Å². The Kier molecular flexibility index (Phi) is 3.22. The maximum atomic E-state index is 5.73. The second kappa shape index (κ2) is 4.65. The van der Waals surface area contributed by atoms with Gasteiger partial charge >= 0.3 is 0 Å². The van der Waals surface area contributed by atoms with Gasteiger partial charge in [0.05, 0.1) is 0 Å². The Morgan fingerprint density at radius 1 is 1.35 bits per heavy atom. The van der Waals surface area contributed by atoms with Crippen LogP contribution in [0.2, 0.25) is 0 Å². The lowest BCUT2D eigenvalue weighted by molar-refractivity contribution is 0.515. The normalized spacial score (nSPS) is 11.3. The number of nitrogen functional groups attached to an aromatic ring is 1. The maximum absolute atomic E-state index is 5.73. The fraction of sp³-hybridized carbons (Fsp3) is 0.462. The molecule has 2 rings (SSSR count). The average molecular weight is 233 g/mol. The second-order valence-electron chi connectivity index (χ2n) is 4.30. The third kappa shape index (κ3) is 2.20. The molecule has 2 N–H and O–H groups in total. The second-order valence-corrected chi connectivity index (χ2v) is 4.30. The van der Waals surface area contributed by atoms with Crippen molar-refractivity contribution in [3.8, 4) is 0 Å². The average Bonchev–Trinajstić information content (AvgIpc) is 2.73. The van der Waals surface area contributed by atoms with Crippen molar-refractivity contribution in [1.82, 2.24) is 4.98 Å². The molecule has 0 saturated heterocycles. The van der Waals surface area contributed by atoms with Gasteiger partial charge in [-0.15, -0.1) is 0 Å². The topological polar surface area (TPSA) is 55.3 Å². The van der Waals surface area contributed by atoms with Crippen LogP contribution in [0.25, 0.3) is 11.1 Å². The summed E-state index contributed by atoms with van der Waals surface area (Å²) in [5, 5.41) is 0. The van der Waals surface area contributed by atoms with Crippen LogP contribution in [0.1, 0.15) is 26.7 Å². The molecule has 1 aromatic heterocycles. The van der Waals surface area contributed by atoms with Crippen LogP contribution >= 0.6 is 0 Å². The first-order valence-electron chi connectivity index (χ1n) is 6.04. The molecule has 0 atom stereocenters. The van der Waals surface area contributed by atoms with E-state index in [0.29, 0.717) is 17.7 Å². The number of oxazole rings is 1. The molecule has 0 fully saturated rings. The molecule has 0 spiro atoms. The molecule has 0 amide bonds. The third-order valence-electron chi connectivity index (χ3n) is 3.19. The van der Waals surface area contributed by atoms with Gasteiger partial charge in [-0.3, -0.25) is 0 Å². The molecule has 1 heterocycles. The Morgan fingerprint density at radius 2 is 2.06 bits per heavy atom. The van der Waals surface area contributed by atoms with E-state index in [-0.39, 0.29) is 0 Å². The molecule has 0 aliphatic carbocycles. The molecular formula is C13H19N3O. The van der Waals surface area contributed by atoms with Gasteiger partial charge in [0.1, 0.15) is 5.52 Å². The van der Waals surface area contributed by atoms with Gasteiger partial charge in [-0.1, -0.05) is 13.8 Å². The minimum Gasteiger partial charge on any atom is -0.423 e. The summed E-state index contributed by atoms with van der Waals surface area (Å²) in [5.74, 6) is 0. The third-order valence-corrected chi connectivity index (χ3v) is 3.19. The zero-order valence-corrected chi connectivity index (χ0v) is 10.6. The van der Waals surface area contributed by atoms with Crippen molar-refractivity contribution in [3.05, 3.63) is 18.2 Å². The molecule has 0 radical (unpaired) electrons. The fourth-order valence-electron chi connectivity index (χ4n) is 2.07. The van der Waals surface area contributed by atoms with Crippen molar-refractivity contribution < 1.29 is 4.42 Å². The monoisotopic (exact) mass is 233 g/mol. The number of nitrogens with zero attached hydrogens (tertiary/aromatic N) is 2. The highest BCUT2D eigenvalue weighted by atomic mass is 16.4. The van der Waals surface area contributed by atoms with Gasteiger partial charge in [-0.2, -0.15) is 4.98 Å². The van der Waals surface area contributed by atoms with E-state index < -0.39 is 0 Å². The van der Waals surface area contributed by atoms with Crippen LogP contribution in [-0.4, -0.2) is 18.1 Å². The Balaban J connectivity index is 2.35. The van der Waals surface area contributed by atoms with Crippen LogP contribution in [-0.2, 0) is 0 Å². The number of nitrogens with two attached hydrogens (primary N) is 1. The molecule has 92 valence electrons. The number of rotatable bonds is 4. The number of aromatic nitrogens is 1. The molecule has 0 saturated carbocycles. The van der Waals surface area contributed by atoms with Crippen molar-refractivity contribution in [2.24, 2.45) is 0 Å². The van der Waals surface area contributed by atoms with Gasteiger partial charge in [0, 0.05) is 24.8 Å². The molecule has 0 unspecified atom stereocenters. The van der Waals surface area contributed by atoms with Crippen LogP contribution in [0.4, 0.5) is 11.7 Å². The molecule has 0 aliphatic heterocycles. The summed E-state index contributed by atoms with van der Waals surface area (Å²) in [6.07, 6.45) is 2.15. The highest BCUT2D eigenvalue weighted by Crippen LogP contribution is 2.25. The summed E-state index contributed by atoms with van der Waals surface area (Å²) in [7, 11) is 2.02. The largest absolute Gasteiger partial charge is 0.423 e. The lowest BCUT2D eigenvalue weighted by Crippen LogP contribution is -2.30. The summed E-state index contributed by atoms with van der Waals surface area (Å²) >= 11 is 0. The van der Waals surface area contributed by atoms with Gasteiger partial charge in [0.15, 0.2) is 5.58 Å². The zero-order valence-electron chi connectivity index (χ0n) is 10.6. The number of fused-ring (bicyclic) bond motifs is 1. The molecule has 2 aromatic rings. The van der Waals surface area contributed by atoms with E-state index in [9.17, 15) is 0 Å². The van der Waals surface area contributed by atoms with E-state index in [0.717, 1.165) is 23.9 Å². The van der Waals surface area contributed by atoms with E-state index in [4.69, 9.17) is 10.2 Å². The van der Waals surface area contributed by atoms with E-state index in [1.165, 1.54) is 0 Å². The first-order chi connectivity index (χ1) is 8.15. The van der Waals surface area contributed by atoms with Crippen LogP contribution in [0, 0.1) is 0 Å². The number of benzene rings is 1. The molecule has 4 heteroatoms. The number of hydrogen-bond acceptors (Lipinski definition) is 4. The Hall–Kier alpha value is -1.71. The molecule has 0 bridgehead atoms. The first kappa shape index (κ1) is 11.8.